The normalized spacial score (nSPS) is 16.4. The molecule has 14 heteroatoms. The van der Waals surface area contributed by atoms with E-state index in [0.717, 1.165) is 20.8 Å². The van der Waals surface area contributed by atoms with Crippen LogP contribution in [0, 0.1) is 0 Å². The molecule has 4 aromatic heterocycles. The second-order valence-corrected chi connectivity index (χ2v) is 11.5. The fourth-order valence-corrected chi connectivity index (χ4v) is 5.78. The number of fused-ring (bicyclic) bond motifs is 1. The molecule has 13 nitrogen and oxygen atoms in total. The van der Waals surface area contributed by atoms with Crippen molar-refractivity contribution in [2.45, 2.75) is 38.0 Å². The second-order valence-electron chi connectivity index (χ2n) is 9.46. The molecule has 0 bridgehead atoms. The van der Waals surface area contributed by atoms with Gasteiger partial charge in [-0.3, -0.25) is 9.48 Å². The smallest absolute Gasteiger partial charge is 0.256 e. The van der Waals surface area contributed by atoms with Crippen LogP contribution in [0.3, 0.4) is 0 Å². The second kappa shape index (κ2) is 8.80. The van der Waals surface area contributed by atoms with Crippen LogP contribution >= 0.6 is 0 Å². The molecule has 0 spiro atoms. The lowest BCUT2D eigenvalue weighted by Gasteiger charge is -2.26. The lowest BCUT2D eigenvalue weighted by Crippen LogP contribution is -2.48. The van der Waals surface area contributed by atoms with Crippen LogP contribution in [0.15, 0.2) is 36.9 Å². The predicted octanol–water partition coefficient (Wildman–Crippen LogP) is 1.69. The molecule has 2 N–H and O–H groups in total. The van der Waals surface area contributed by atoms with Crippen molar-refractivity contribution in [2.75, 3.05) is 29.9 Å². The SMILES string of the molecule is CC(C)n1nc(N2CCNC(=O)C2)c2cnc(Nc3ccnc(-c4cnn(S(=O)(=O)C5CC5)c4)n3)cc21. The molecule has 2 fully saturated rings. The summed E-state index contributed by atoms with van der Waals surface area (Å²) in [4.78, 5) is 27.3. The maximum absolute atomic E-state index is 12.5. The Morgan fingerprint density at radius 2 is 2.00 bits per heavy atom. The summed E-state index contributed by atoms with van der Waals surface area (Å²) in [5.41, 5.74) is 1.39. The van der Waals surface area contributed by atoms with Crippen molar-refractivity contribution in [2.24, 2.45) is 0 Å². The Kier molecular flexibility index (Phi) is 5.55. The van der Waals surface area contributed by atoms with Gasteiger partial charge in [0.2, 0.25) is 5.91 Å². The van der Waals surface area contributed by atoms with E-state index in [0.29, 0.717) is 49.0 Å². The molecule has 37 heavy (non-hydrogen) atoms. The minimum absolute atomic E-state index is 0.0278. The molecule has 1 saturated carbocycles. The molecule has 1 aliphatic heterocycles. The summed E-state index contributed by atoms with van der Waals surface area (Å²) in [6.07, 6.45) is 7.56. The standard InChI is InChI=1S/C23H26N10O3S/c1-14(2)33-18-9-20(26-11-17(18)23(30-33)31-8-7-24-21(34)13-31)28-19-5-6-25-22(29-19)15-10-27-32(12-15)37(35,36)16-3-4-16/h5-6,9-12,14,16H,3-4,7-8,13H2,1-2H3,(H,24,34)(H,25,26,28,29). The third kappa shape index (κ3) is 4.37. The highest BCUT2D eigenvalue weighted by Gasteiger charge is 2.37. The van der Waals surface area contributed by atoms with Gasteiger partial charge in [-0.2, -0.15) is 14.3 Å². The molecule has 1 saturated heterocycles. The summed E-state index contributed by atoms with van der Waals surface area (Å²) in [5, 5.41) is 15.4. The number of nitrogens with zero attached hydrogens (tertiary/aromatic N) is 8. The van der Waals surface area contributed by atoms with Crippen LogP contribution in [0.5, 0.6) is 0 Å². The summed E-state index contributed by atoms with van der Waals surface area (Å²) >= 11 is 0. The van der Waals surface area contributed by atoms with E-state index in [4.69, 9.17) is 5.10 Å². The molecule has 6 rings (SSSR count). The van der Waals surface area contributed by atoms with Crippen LogP contribution in [0.1, 0.15) is 32.7 Å². The Morgan fingerprint density at radius 1 is 1.16 bits per heavy atom. The summed E-state index contributed by atoms with van der Waals surface area (Å²) in [5.74, 6) is 2.12. The zero-order chi connectivity index (χ0) is 25.7. The number of piperazine rings is 1. The molecular formula is C23H26N10O3S. The van der Waals surface area contributed by atoms with Gasteiger partial charge in [-0.15, -0.1) is 0 Å². The van der Waals surface area contributed by atoms with Gasteiger partial charge in [0, 0.05) is 37.6 Å². The van der Waals surface area contributed by atoms with Gasteiger partial charge in [-0.05, 0) is 32.8 Å². The number of carbonyl (C=O) groups is 1. The van der Waals surface area contributed by atoms with Gasteiger partial charge >= 0.3 is 0 Å². The predicted molar refractivity (Wildman–Crippen MR) is 137 cm³/mol. The third-order valence-electron chi connectivity index (χ3n) is 6.34. The van der Waals surface area contributed by atoms with E-state index in [1.807, 2.05) is 29.5 Å². The van der Waals surface area contributed by atoms with Crippen molar-refractivity contribution in [1.29, 1.82) is 0 Å². The number of rotatable bonds is 7. The van der Waals surface area contributed by atoms with Crippen molar-refractivity contribution in [3.8, 4) is 11.4 Å². The Balaban J connectivity index is 1.29. The number of amides is 1. The highest BCUT2D eigenvalue weighted by atomic mass is 32.2. The number of pyridine rings is 1. The molecule has 0 unspecified atom stereocenters. The number of aromatic nitrogens is 7. The monoisotopic (exact) mass is 522 g/mol. The van der Waals surface area contributed by atoms with Crippen LogP contribution in [-0.4, -0.2) is 73.1 Å². The van der Waals surface area contributed by atoms with Crippen molar-refractivity contribution in [3.05, 3.63) is 36.9 Å². The number of hydrogen-bond donors (Lipinski definition) is 2. The zero-order valence-electron chi connectivity index (χ0n) is 20.4. The van der Waals surface area contributed by atoms with E-state index in [9.17, 15) is 13.2 Å². The quantitative estimate of drug-likeness (QED) is 0.367. The molecule has 0 atom stereocenters. The zero-order valence-corrected chi connectivity index (χ0v) is 21.2. The number of nitrogens with one attached hydrogen (secondary N) is 2. The average Bonchev–Trinajstić information content (AvgIpc) is 3.50. The van der Waals surface area contributed by atoms with Crippen LogP contribution in [0.2, 0.25) is 0 Å². The molecule has 1 amide bonds. The summed E-state index contributed by atoms with van der Waals surface area (Å²) < 4.78 is 27.8. The maximum Gasteiger partial charge on any atom is 0.256 e. The van der Waals surface area contributed by atoms with Gasteiger partial charge in [0.25, 0.3) is 10.0 Å². The molecule has 2 aliphatic rings. The van der Waals surface area contributed by atoms with Gasteiger partial charge in [-0.25, -0.2) is 23.4 Å². The van der Waals surface area contributed by atoms with Crippen LogP contribution in [-0.2, 0) is 14.8 Å². The molecule has 192 valence electrons. The van der Waals surface area contributed by atoms with E-state index in [1.54, 1.807) is 18.5 Å². The average molecular weight is 523 g/mol. The van der Waals surface area contributed by atoms with Gasteiger partial charge in [0.15, 0.2) is 11.6 Å². The topological polar surface area (TPSA) is 153 Å². The van der Waals surface area contributed by atoms with E-state index in [-0.39, 0.29) is 23.7 Å². The largest absolute Gasteiger partial charge is 0.353 e. The van der Waals surface area contributed by atoms with Crippen molar-refractivity contribution < 1.29 is 13.2 Å². The van der Waals surface area contributed by atoms with Gasteiger partial charge in [0.05, 0.1) is 40.7 Å². The summed E-state index contributed by atoms with van der Waals surface area (Å²) in [6, 6.07) is 3.70. The summed E-state index contributed by atoms with van der Waals surface area (Å²) in [7, 11) is -3.46. The number of anilines is 3. The van der Waals surface area contributed by atoms with Gasteiger partial charge in [-0.1, -0.05) is 0 Å². The fourth-order valence-electron chi connectivity index (χ4n) is 4.31. The molecule has 0 aromatic carbocycles. The van der Waals surface area contributed by atoms with Crippen molar-refractivity contribution in [3.63, 3.8) is 0 Å². The van der Waals surface area contributed by atoms with E-state index < -0.39 is 10.0 Å². The Hall–Kier alpha value is -4.07. The maximum atomic E-state index is 12.5. The van der Waals surface area contributed by atoms with E-state index in [2.05, 4.69) is 30.7 Å². The van der Waals surface area contributed by atoms with Crippen LogP contribution in [0.4, 0.5) is 17.5 Å². The van der Waals surface area contributed by atoms with Crippen LogP contribution < -0.4 is 15.5 Å². The highest BCUT2D eigenvalue weighted by molar-refractivity contribution is 7.90. The molecule has 5 heterocycles. The highest BCUT2D eigenvalue weighted by Crippen LogP contribution is 2.31. The third-order valence-corrected chi connectivity index (χ3v) is 8.37. The minimum atomic E-state index is -3.46. The Labute approximate surface area is 213 Å². The summed E-state index contributed by atoms with van der Waals surface area (Å²) in [6.45, 7) is 5.61. The van der Waals surface area contributed by atoms with Crippen molar-refractivity contribution in [1.82, 2.24) is 39.2 Å². The first-order valence-corrected chi connectivity index (χ1v) is 13.6. The van der Waals surface area contributed by atoms with E-state index in [1.165, 1.54) is 12.4 Å². The molecule has 1 aliphatic carbocycles. The van der Waals surface area contributed by atoms with Crippen LogP contribution in [0.25, 0.3) is 22.3 Å². The molecule has 0 radical (unpaired) electrons. The molecule has 4 aromatic rings. The van der Waals surface area contributed by atoms with Crippen molar-refractivity contribution >= 4 is 44.3 Å². The lowest BCUT2D eigenvalue weighted by atomic mass is 10.2. The van der Waals surface area contributed by atoms with Gasteiger partial charge in [0.1, 0.15) is 11.6 Å². The van der Waals surface area contributed by atoms with E-state index >= 15 is 0 Å². The lowest BCUT2D eigenvalue weighted by molar-refractivity contribution is -0.120. The fraction of sp³-hybridized carbons (Fsp3) is 0.391. The Morgan fingerprint density at radius 3 is 2.76 bits per heavy atom. The number of carbonyl (C=O) groups excluding carboxylic acids is 1. The molecular weight excluding hydrogens is 496 g/mol. The number of hydrogen-bond acceptors (Lipinski definition) is 10. The first kappa shape index (κ1) is 23.3. The Bertz CT molecular complexity index is 1610. The first-order chi connectivity index (χ1) is 17.8. The first-order valence-electron chi connectivity index (χ1n) is 12.1. The van der Waals surface area contributed by atoms with Gasteiger partial charge < -0.3 is 15.5 Å². The minimum Gasteiger partial charge on any atom is -0.353 e.